The zero-order valence-corrected chi connectivity index (χ0v) is 9.93. The summed E-state index contributed by atoms with van der Waals surface area (Å²) in [5, 5.41) is 12.4. The molecule has 2 atom stereocenters. The van der Waals surface area contributed by atoms with E-state index in [0.29, 0.717) is 5.92 Å². The molecule has 0 aliphatic carbocycles. The third-order valence-corrected chi connectivity index (χ3v) is 3.53. The fraction of sp³-hybridized carbons (Fsp3) is 0.500. The van der Waals surface area contributed by atoms with E-state index in [1.165, 1.54) is 0 Å². The molecule has 0 amide bonds. The number of benzene rings is 1. The van der Waals surface area contributed by atoms with Gasteiger partial charge in [-0.2, -0.15) is 0 Å². The third kappa shape index (κ3) is 3.30. The molecule has 1 saturated heterocycles. The normalized spacial score (nSPS) is 22.0. The Morgan fingerprint density at radius 1 is 1.41 bits per heavy atom. The molecule has 0 unspecified atom stereocenters. The van der Waals surface area contributed by atoms with Crippen LogP contribution < -0.4 is 5.32 Å². The average molecular weight is 233 g/mol. The van der Waals surface area contributed by atoms with Crippen molar-refractivity contribution < 1.29 is 9.90 Å². The van der Waals surface area contributed by atoms with Gasteiger partial charge in [0.15, 0.2) is 0 Å². The highest BCUT2D eigenvalue weighted by Crippen LogP contribution is 2.32. The second kappa shape index (κ2) is 5.82. The Hall–Kier alpha value is -1.35. The van der Waals surface area contributed by atoms with E-state index < -0.39 is 5.97 Å². The first-order chi connectivity index (χ1) is 8.27. The first-order valence-corrected chi connectivity index (χ1v) is 6.25. The third-order valence-electron chi connectivity index (χ3n) is 3.53. The van der Waals surface area contributed by atoms with Crippen LogP contribution in [0.1, 0.15) is 30.7 Å². The maximum atomic E-state index is 11.0. The van der Waals surface area contributed by atoms with Gasteiger partial charge in [-0.05, 0) is 43.3 Å². The fourth-order valence-corrected chi connectivity index (χ4v) is 2.67. The monoisotopic (exact) mass is 233 g/mol. The van der Waals surface area contributed by atoms with Gasteiger partial charge in [0.2, 0.25) is 0 Å². The number of rotatable bonds is 4. The average Bonchev–Trinajstić information content (AvgIpc) is 2.38. The Morgan fingerprint density at radius 3 is 2.76 bits per heavy atom. The lowest BCUT2D eigenvalue weighted by Crippen LogP contribution is -2.34. The van der Waals surface area contributed by atoms with Crippen LogP contribution in [0.3, 0.4) is 0 Å². The van der Waals surface area contributed by atoms with Crippen LogP contribution in [-0.2, 0) is 4.79 Å². The summed E-state index contributed by atoms with van der Waals surface area (Å²) in [5.41, 5.74) is 1.16. The lowest BCUT2D eigenvalue weighted by molar-refractivity contribution is -0.137. The van der Waals surface area contributed by atoms with Crippen LogP contribution >= 0.6 is 0 Å². The standard InChI is InChI=1S/C14H19NO2/c16-14(17)9-13(11-5-2-1-3-6-11)12-7-4-8-15-10-12/h1-3,5-6,12-13,15H,4,7-10H2,(H,16,17)/t12-,13-/m1/s1. The second-order valence-corrected chi connectivity index (χ2v) is 4.72. The van der Waals surface area contributed by atoms with Gasteiger partial charge in [-0.25, -0.2) is 0 Å². The van der Waals surface area contributed by atoms with Gasteiger partial charge >= 0.3 is 5.97 Å². The van der Waals surface area contributed by atoms with Gasteiger partial charge in [0.25, 0.3) is 0 Å². The predicted molar refractivity (Wildman–Crippen MR) is 67.0 cm³/mol. The Morgan fingerprint density at radius 2 is 2.18 bits per heavy atom. The lowest BCUT2D eigenvalue weighted by Gasteiger charge is -2.30. The zero-order chi connectivity index (χ0) is 12.1. The van der Waals surface area contributed by atoms with Crippen molar-refractivity contribution in [3.05, 3.63) is 35.9 Å². The quantitative estimate of drug-likeness (QED) is 0.838. The Bertz CT molecular complexity index is 358. The minimum atomic E-state index is -0.704. The van der Waals surface area contributed by atoms with Crippen LogP contribution in [0.15, 0.2) is 30.3 Å². The molecule has 0 aromatic heterocycles. The molecular formula is C14H19NO2. The summed E-state index contributed by atoms with van der Waals surface area (Å²) in [6, 6.07) is 10.0. The number of piperidine rings is 1. The van der Waals surface area contributed by atoms with Gasteiger partial charge in [-0.1, -0.05) is 30.3 Å². The van der Waals surface area contributed by atoms with Gasteiger partial charge in [0, 0.05) is 0 Å². The summed E-state index contributed by atoms with van der Waals surface area (Å²) in [6.07, 6.45) is 2.50. The molecule has 3 heteroatoms. The highest BCUT2D eigenvalue weighted by Gasteiger charge is 2.26. The van der Waals surface area contributed by atoms with Crippen molar-refractivity contribution in [2.45, 2.75) is 25.2 Å². The van der Waals surface area contributed by atoms with E-state index in [1.54, 1.807) is 0 Å². The van der Waals surface area contributed by atoms with E-state index in [0.717, 1.165) is 31.5 Å². The number of carbonyl (C=O) groups is 1. The molecule has 0 saturated carbocycles. The van der Waals surface area contributed by atoms with Crippen LogP contribution in [0, 0.1) is 5.92 Å². The molecule has 2 rings (SSSR count). The van der Waals surface area contributed by atoms with Gasteiger partial charge < -0.3 is 10.4 Å². The molecule has 3 nitrogen and oxygen atoms in total. The zero-order valence-electron chi connectivity index (χ0n) is 9.93. The van der Waals surface area contributed by atoms with Crippen LogP contribution in [-0.4, -0.2) is 24.2 Å². The van der Waals surface area contributed by atoms with E-state index in [2.05, 4.69) is 5.32 Å². The van der Waals surface area contributed by atoms with Crippen LogP contribution in [0.4, 0.5) is 0 Å². The molecular weight excluding hydrogens is 214 g/mol. The first kappa shape index (κ1) is 12.1. The van der Waals surface area contributed by atoms with E-state index in [4.69, 9.17) is 5.11 Å². The van der Waals surface area contributed by atoms with Gasteiger partial charge in [-0.15, -0.1) is 0 Å². The van der Waals surface area contributed by atoms with Crippen LogP contribution in [0.5, 0.6) is 0 Å². The van der Waals surface area contributed by atoms with Crippen molar-refractivity contribution in [2.24, 2.45) is 5.92 Å². The van der Waals surface area contributed by atoms with Crippen molar-refractivity contribution in [2.75, 3.05) is 13.1 Å². The minimum absolute atomic E-state index is 0.140. The molecule has 0 radical (unpaired) electrons. The molecule has 1 aromatic rings. The number of hydrogen-bond donors (Lipinski definition) is 2. The number of hydrogen-bond acceptors (Lipinski definition) is 2. The lowest BCUT2D eigenvalue weighted by atomic mass is 9.79. The molecule has 0 bridgehead atoms. The van der Waals surface area contributed by atoms with E-state index >= 15 is 0 Å². The fourth-order valence-electron chi connectivity index (χ4n) is 2.67. The SMILES string of the molecule is O=C(O)C[C@H](c1ccccc1)[C@@H]1CCCNC1. The van der Waals surface area contributed by atoms with Crippen molar-refractivity contribution >= 4 is 5.97 Å². The van der Waals surface area contributed by atoms with Crippen LogP contribution in [0.25, 0.3) is 0 Å². The van der Waals surface area contributed by atoms with E-state index in [-0.39, 0.29) is 12.3 Å². The maximum absolute atomic E-state index is 11.0. The topological polar surface area (TPSA) is 49.3 Å². The predicted octanol–water partition coefficient (Wildman–Crippen LogP) is 2.24. The van der Waals surface area contributed by atoms with Gasteiger partial charge in [0.05, 0.1) is 6.42 Å². The highest BCUT2D eigenvalue weighted by atomic mass is 16.4. The van der Waals surface area contributed by atoms with Gasteiger partial charge in [0.1, 0.15) is 0 Å². The Balaban J connectivity index is 2.15. The summed E-state index contributed by atoms with van der Waals surface area (Å²) >= 11 is 0. The summed E-state index contributed by atoms with van der Waals surface area (Å²) in [5.74, 6) is -0.117. The molecule has 1 fully saturated rings. The summed E-state index contributed by atoms with van der Waals surface area (Å²) < 4.78 is 0. The molecule has 1 aromatic carbocycles. The van der Waals surface area contributed by atoms with E-state index in [1.807, 2.05) is 30.3 Å². The minimum Gasteiger partial charge on any atom is -0.481 e. The molecule has 2 N–H and O–H groups in total. The number of carboxylic acids is 1. The number of aliphatic carboxylic acids is 1. The van der Waals surface area contributed by atoms with Crippen molar-refractivity contribution in [1.29, 1.82) is 0 Å². The Labute approximate surface area is 102 Å². The largest absolute Gasteiger partial charge is 0.481 e. The summed E-state index contributed by atoms with van der Waals surface area (Å²) in [7, 11) is 0. The molecule has 17 heavy (non-hydrogen) atoms. The summed E-state index contributed by atoms with van der Waals surface area (Å²) in [6.45, 7) is 2.00. The van der Waals surface area contributed by atoms with E-state index in [9.17, 15) is 4.79 Å². The van der Waals surface area contributed by atoms with Crippen LogP contribution in [0.2, 0.25) is 0 Å². The highest BCUT2D eigenvalue weighted by molar-refractivity contribution is 5.68. The molecule has 92 valence electrons. The van der Waals surface area contributed by atoms with Crippen molar-refractivity contribution in [1.82, 2.24) is 5.32 Å². The molecule has 1 aliphatic heterocycles. The first-order valence-electron chi connectivity index (χ1n) is 6.25. The van der Waals surface area contributed by atoms with Gasteiger partial charge in [-0.3, -0.25) is 4.79 Å². The molecule has 1 aliphatic rings. The van der Waals surface area contributed by atoms with Crippen molar-refractivity contribution in [3.63, 3.8) is 0 Å². The van der Waals surface area contributed by atoms with Crippen molar-refractivity contribution in [3.8, 4) is 0 Å². The molecule has 0 spiro atoms. The Kier molecular flexibility index (Phi) is 4.15. The summed E-state index contributed by atoms with van der Waals surface area (Å²) in [4.78, 5) is 11.0. The maximum Gasteiger partial charge on any atom is 0.303 e. The second-order valence-electron chi connectivity index (χ2n) is 4.72. The molecule has 1 heterocycles. The smallest absolute Gasteiger partial charge is 0.303 e. The number of carboxylic acid groups (broad SMARTS) is 1. The number of nitrogens with one attached hydrogen (secondary N) is 1.